The fourth-order valence-electron chi connectivity index (χ4n) is 1.01. The van der Waals surface area contributed by atoms with Gasteiger partial charge in [-0.25, -0.2) is 4.79 Å². The Morgan fingerprint density at radius 2 is 2.31 bits per heavy atom. The number of amides is 1. The van der Waals surface area contributed by atoms with Crippen LogP contribution in [-0.2, 0) is 4.79 Å². The first kappa shape index (κ1) is 12.0. The van der Waals surface area contributed by atoms with Crippen molar-refractivity contribution >= 4 is 11.9 Å². The number of rotatable bonds is 5. The smallest absolute Gasteiger partial charge is 0.416 e. The average molecular weight is 228 g/mol. The number of carboxylic acids is 1. The summed E-state index contributed by atoms with van der Waals surface area (Å²) in [5.74, 6) is -2.81. The highest BCUT2D eigenvalue weighted by atomic mass is 16.4. The minimum Gasteiger partial charge on any atom is -0.481 e. The third-order valence-electron chi connectivity index (χ3n) is 2.03. The molecule has 0 saturated carbocycles. The molecule has 1 rings (SSSR count). The Morgan fingerprint density at radius 3 is 2.81 bits per heavy atom. The third-order valence-corrected chi connectivity index (χ3v) is 2.03. The van der Waals surface area contributed by atoms with E-state index in [4.69, 9.17) is 5.11 Å². The SMILES string of the molecule is C[C@H](CCNC(=O)c1c[nH]c(=O)o1)C(=O)O. The zero-order valence-corrected chi connectivity index (χ0v) is 8.65. The number of carbonyl (C=O) groups is 2. The maximum absolute atomic E-state index is 11.3. The highest BCUT2D eigenvalue weighted by molar-refractivity contribution is 5.90. The molecule has 1 aromatic heterocycles. The van der Waals surface area contributed by atoms with Crippen LogP contribution in [-0.4, -0.2) is 28.5 Å². The van der Waals surface area contributed by atoms with Crippen LogP contribution in [0, 0.1) is 5.92 Å². The summed E-state index contributed by atoms with van der Waals surface area (Å²) >= 11 is 0. The monoisotopic (exact) mass is 228 g/mol. The van der Waals surface area contributed by atoms with Gasteiger partial charge in [0.05, 0.1) is 12.1 Å². The zero-order chi connectivity index (χ0) is 12.1. The van der Waals surface area contributed by atoms with Crippen LogP contribution in [0.15, 0.2) is 15.4 Å². The first-order valence-electron chi connectivity index (χ1n) is 4.70. The van der Waals surface area contributed by atoms with E-state index in [9.17, 15) is 14.4 Å². The molecule has 0 aromatic carbocycles. The summed E-state index contributed by atoms with van der Waals surface area (Å²) in [4.78, 5) is 34.5. The quantitative estimate of drug-likeness (QED) is 0.646. The van der Waals surface area contributed by atoms with Gasteiger partial charge in [-0.05, 0) is 6.42 Å². The van der Waals surface area contributed by atoms with Crippen LogP contribution in [0.2, 0.25) is 0 Å². The molecule has 7 nitrogen and oxygen atoms in total. The normalized spacial score (nSPS) is 12.1. The minimum atomic E-state index is -0.914. The van der Waals surface area contributed by atoms with Crippen LogP contribution in [0.1, 0.15) is 23.9 Å². The number of hydrogen-bond acceptors (Lipinski definition) is 4. The molecule has 1 atom stereocenters. The lowest BCUT2D eigenvalue weighted by Crippen LogP contribution is -2.26. The molecule has 16 heavy (non-hydrogen) atoms. The summed E-state index contributed by atoms with van der Waals surface area (Å²) in [5.41, 5.74) is 0. The molecule has 0 unspecified atom stereocenters. The fourth-order valence-corrected chi connectivity index (χ4v) is 1.01. The van der Waals surface area contributed by atoms with Crippen LogP contribution in [0.4, 0.5) is 0 Å². The average Bonchev–Trinajstić information content (AvgIpc) is 2.64. The lowest BCUT2D eigenvalue weighted by molar-refractivity contribution is -0.141. The van der Waals surface area contributed by atoms with Crippen molar-refractivity contribution in [3.8, 4) is 0 Å². The van der Waals surface area contributed by atoms with Crippen molar-refractivity contribution < 1.29 is 19.1 Å². The first-order valence-corrected chi connectivity index (χ1v) is 4.70. The summed E-state index contributed by atoms with van der Waals surface area (Å²) in [6.07, 6.45) is 1.47. The van der Waals surface area contributed by atoms with E-state index in [1.165, 1.54) is 0 Å². The Labute approximate surface area is 90.5 Å². The molecule has 1 heterocycles. The number of carboxylic acid groups (broad SMARTS) is 1. The van der Waals surface area contributed by atoms with Gasteiger partial charge in [0, 0.05) is 6.54 Å². The molecule has 1 aromatic rings. The van der Waals surface area contributed by atoms with Crippen molar-refractivity contribution in [1.82, 2.24) is 10.3 Å². The van der Waals surface area contributed by atoms with Gasteiger partial charge in [0.15, 0.2) is 0 Å². The molecular formula is C9H12N2O5. The van der Waals surface area contributed by atoms with Crippen molar-refractivity contribution in [1.29, 1.82) is 0 Å². The van der Waals surface area contributed by atoms with Gasteiger partial charge in [0.2, 0.25) is 5.76 Å². The van der Waals surface area contributed by atoms with Crippen LogP contribution >= 0.6 is 0 Å². The molecule has 0 bridgehead atoms. The second kappa shape index (κ2) is 5.15. The Balaban J connectivity index is 2.36. The van der Waals surface area contributed by atoms with E-state index < -0.39 is 23.6 Å². The van der Waals surface area contributed by atoms with E-state index in [1.807, 2.05) is 0 Å². The number of H-pyrrole nitrogens is 1. The number of aromatic amines is 1. The summed E-state index contributed by atoms with van der Waals surface area (Å²) in [5, 5.41) is 11.0. The van der Waals surface area contributed by atoms with Crippen LogP contribution in [0.25, 0.3) is 0 Å². The largest absolute Gasteiger partial charge is 0.481 e. The number of aliphatic carboxylic acids is 1. The molecule has 0 fully saturated rings. The summed E-state index contributed by atoms with van der Waals surface area (Å²) in [7, 11) is 0. The maximum Gasteiger partial charge on any atom is 0.416 e. The summed E-state index contributed by atoms with van der Waals surface area (Å²) < 4.78 is 4.51. The Kier molecular flexibility index (Phi) is 3.87. The van der Waals surface area contributed by atoms with Crippen LogP contribution in [0.3, 0.4) is 0 Å². The third kappa shape index (κ3) is 3.26. The van der Waals surface area contributed by atoms with Gasteiger partial charge in [-0.15, -0.1) is 0 Å². The molecule has 0 saturated heterocycles. The number of aromatic nitrogens is 1. The van der Waals surface area contributed by atoms with E-state index in [0.717, 1.165) is 6.20 Å². The zero-order valence-electron chi connectivity index (χ0n) is 8.65. The van der Waals surface area contributed by atoms with Crippen molar-refractivity contribution in [3.05, 3.63) is 22.5 Å². The molecule has 0 aliphatic rings. The maximum atomic E-state index is 11.3. The van der Waals surface area contributed by atoms with Gasteiger partial charge >= 0.3 is 11.7 Å². The summed E-state index contributed by atoms with van der Waals surface area (Å²) in [6.45, 7) is 1.76. The number of nitrogens with one attached hydrogen (secondary N) is 2. The van der Waals surface area contributed by atoms with Gasteiger partial charge < -0.3 is 14.8 Å². The fraction of sp³-hybridized carbons (Fsp3) is 0.444. The Hall–Kier alpha value is -2.05. The van der Waals surface area contributed by atoms with Gasteiger partial charge in [-0.2, -0.15) is 0 Å². The van der Waals surface area contributed by atoms with Gasteiger partial charge in [-0.1, -0.05) is 6.92 Å². The number of hydrogen-bond donors (Lipinski definition) is 3. The predicted octanol–water partition coefficient (Wildman–Crippen LogP) is -0.192. The minimum absolute atomic E-state index is 0.118. The lowest BCUT2D eigenvalue weighted by Gasteiger charge is -2.06. The standard InChI is InChI=1S/C9H12N2O5/c1-5(8(13)14)2-3-10-7(12)6-4-11-9(15)16-6/h4-5H,2-3H2,1H3,(H,10,12)(H,11,15)(H,13,14)/t5-/m1/s1. The van der Waals surface area contributed by atoms with Crippen LogP contribution in [0.5, 0.6) is 0 Å². The highest BCUT2D eigenvalue weighted by Crippen LogP contribution is 2.00. The molecule has 0 aliphatic heterocycles. The number of carbonyl (C=O) groups excluding carboxylic acids is 1. The van der Waals surface area contributed by atoms with Crippen molar-refractivity contribution in [2.75, 3.05) is 6.54 Å². The van der Waals surface area contributed by atoms with Gasteiger partial charge in [0.25, 0.3) is 5.91 Å². The molecule has 0 spiro atoms. The second-order valence-electron chi connectivity index (χ2n) is 3.33. The van der Waals surface area contributed by atoms with Crippen LogP contribution < -0.4 is 11.1 Å². The van der Waals surface area contributed by atoms with Crippen molar-refractivity contribution in [3.63, 3.8) is 0 Å². The lowest BCUT2D eigenvalue weighted by atomic mass is 10.1. The molecule has 1 amide bonds. The van der Waals surface area contributed by atoms with Gasteiger partial charge in [0.1, 0.15) is 0 Å². The van der Waals surface area contributed by atoms with E-state index >= 15 is 0 Å². The predicted molar refractivity (Wildman–Crippen MR) is 53.1 cm³/mol. The molecule has 7 heteroatoms. The second-order valence-corrected chi connectivity index (χ2v) is 3.33. The molecule has 3 N–H and O–H groups in total. The topological polar surface area (TPSA) is 112 Å². The van der Waals surface area contributed by atoms with E-state index in [1.54, 1.807) is 6.92 Å². The van der Waals surface area contributed by atoms with E-state index in [0.29, 0.717) is 6.42 Å². The first-order chi connectivity index (χ1) is 7.50. The molecular weight excluding hydrogens is 216 g/mol. The molecule has 88 valence electrons. The van der Waals surface area contributed by atoms with Crippen molar-refractivity contribution in [2.45, 2.75) is 13.3 Å². The number of oxazole rings is 1. The van der Waals surface area contributed by atoms with Gasteiger partial charge in [-0.3, -0.25) is 14.6 Å². The van der Waals surface area contributed by atoms with E-state index in [-0.39, 0.29) is 12.3 Å². The van der Waals surface area contributed by atoms with E-state index in [2.05, 4.69) is 14.7 Å². The summed E-state index contributed by atoms with van der Waals surface area (Å²) in [6, 6.07) is 0. The molecule has 0 radical (unpaired) electrons. The Bertz CT molecular complexity index is 433. The van der Waals surface area contributed by atoms with Crippen molar-refractivity contribution in [2.24, 2.45) is 5.92 Å². The molecule has 0 aliphatic carbocycles. The highest BCUT2D eigenvalue weighted by Gasteiger charge is 2.13. The Morgan fingerprint density at radius 1 is 1.62 bits per heavy atom.